The van der Waals surface area contributed by atoms with Gasteiger partial charge in [0.2, 0.25) is 5.91 Å². The molecule has 0 aliphatic carbocycles. The van der Waals surface area contributed by atoms with Crippen molar-refractivity contribution in [2.45, 2.75) is 53.5 Å². The Bertz CT molecular complexity index is 224. The maximum absolute atomic E-state index is 11.9. The van der Waals surface area contributed by atoms with Crippen LogP contribution in [0.15, 0.2) is 0 Å². The molecule has 1 heterocycles. The molecule has 1 aliphatic rings. The van der Waals surface area contributed by atoms with Gasteiger partial charge in [-0.25, -0.2) is 0 Å². The zero-order chi connectivity index (χ0) is 14.7. The topological polar surface area (TPSA) is 41.6 Å². The standard InChI is InChI=1S/C13H26N2O2.C2H6/c1-4-17-10-12-5-7-15(8-6-12)13(16)9-14-11(2)3;1-2/h11-12,14H,4-10H2,1-3H3;1-2H3. The molecule has 0 radical (unpaired) electrons. The number of carbonyl (C=O) groups excluding carboxylic acids is 1. The maximum Gasteiger partial charge on any atom is 0.236 e. The van der Waals surface area contributed by atoms with Crippen molar-refractivity contribution in [3.63, 3.8) is 0 Å². The van der Waals surface area contributed by atoms with Crippen LogP contribution in [0.1, 0.15) is 47.5 Å². The second kappa shape index (κ2) is 11.2. The lowest BCUT2D eigenvalue weighted by atomic mass is 9.98. The molecule has 1 saturated heterocycles. The predicted octanol–water partition coefficient (Wildman–Crippen LogP) is 2.29. The second-order valence-electron chi connectivity index (χ2n) is 5.02. The summed E-state index contributed by atoms with van der Waals surface area (Å²) in [6, 6.07) is 0.370. The van der Waals surface area contributed by atoms with Gasteiger partial charge in [-0.3, -0.25) is 4.79 Å². The number of rotatable bonds is 6. The van der Waals surface area contributed by atoms with Gasteiger partial charge >= 0.3 is 0 Å². The van der Waals surface area contributed by atoms with E-state index >= 15 is 0 Å². The van der Waals surface area contributed by atoms with Crippen molar-refractivity contribution in [1.82, 2.24) is 10.2 Å². The minimum absolute atomic E-state index is 0.230. The lowest BCUT2D eigenvalue weighted by Crippen LogP contribution is -2.44. The molecule has 1 amide bonds. The van der Waals surface area contributed by atoms with E-state index in [0.29, 0.717) is 18.5 Å². The van der Waals surface area contributed by atoms with Gasteiger partial charge in [-0.05, 0) is 25.7 Å². The van der Waals surface area contributed by atoms with Crippen molar-refractivity contribution in [3.8, 4) is 0 Å². The predicted molar refractivity (Wildman–Crippen MR) is 80.3 cm³/mol. The largest absolute Gasteiger partial charge is 0.381 e. The van der Waals surface area contributed by atoms with Crippen molar-refractivity contribution in [2.75, 3.05) is 32.8 Å². The fourth-order valence-electron chi connectivity index (χ4n) is 2.04. The van der Waals surface area contributed by atoms with E-state index in [-0.39, 0.29) is 5.91 Å². The van der Waals surface area contributed by atoms with E-state index in [9.17, 15) is 4.79 Å². The number of hydrogen-bond acceptors (Lipinski definition) is 3. The van der Waals surface area contributed by atoms with Gasteiger partial charge < -0.3 is 15.0 Å². The van der Waals surface area contributed by atoms with Crippen LogP contribution in [0.3, 0.4) is 0 Å². The Morgan fingerprint density at radius 1 is 1.32 bits per heavy atom. The lowest BCUT2D eigenvalue weighted by molar-refractivity contribution is -0.132. The van der Waals surface area contributed by atoms with Crippen LogP contribution < -0.4 is 5.32 Å². The first-order valence-corrected chi connectivity index (χ1v) is 7.72. The van der Waals surface area contributed by atoms with E-state index in [2.05, 4.69) is 19.2 Å². The highest BCUT2D eigenvalue weighted by Crippen LogP contribution is 2.17. The number of nitrogens with one attached hydrogen (secondary N) is 1. The molecule has 1 N–H and O–H groups in total. The molecule has 1 aliphatic heterocycles. The minimum Gasteiger partial charge on any atom is -0.381 e. The monoisotopic (exact) mass is 272 g/mol. The van der Waals surface area contributed by atoms with Gasteiger partial charge in [0.25, 0.3) is 0 Å². The van der Waals surface area contributed by atoms with E-state index in [1.807, 2.05) is 25.7 Å². The summed E-state index contributed by atoms with van der Waals surface area (Å²) in [5.41, 5.74) is 0. The van der Waals surface area contributed by atoms with E-state index in [1.54, 1.807) is 0 Å². The van der Waals surface area contributed by atoms with Crippen molar-refractivity contribution >= 4 is 5.91 Å². The number of carbonyl (C=O) groups is 1. The maximum atomic E-state index is 11.9. The Labute approximate surface area is 118 Å². The van der Waals surface area contributed by atoms with Gasteiger partial charge in [-0.15, -0.1) is 0 Å². The van der Waals surface area contributed by atoms with Crippen LogP contribution in [0.4, 0.5) is 0 Å². The van der Waals surface area contributed by atoms with Gasteiger partial charge in [-0.1, -0.05) is 27.7 Å². The molecule has 0 aromatic heterocycles. The number of amides is 1. The van der Waals surface area contributed by atoms with Crippen LogP contribution in [-0.4, -0.2) is 49.7 Å². The quantitative estimate of drug-likeness (QED) is 0.806. The Morgan fingerprint density at radius 2 is 1.89 bits per heavy atom. The second-order valence-corrected chi connectivity index (χ2v) is 5.02. The first kappa shape index (κ1) is 18.4. The summed E-state index contributed by atoms with van der Waals surface area (Å²) in [5, 5.41) is 3.17. The molecule has 0 aromatic carbocycles. The zero-order valence-corrected chi connectivity index (χ0v) is 13.4. The normalized spacial score (nSPS) is 16.2. The first-order chi connectivity index (χ1) is 9.13. The van der Waals surface area contributed by atoms with E-state index in [0.717, 1.165) is 39.1 Å². The third-order valence-electron chi connectivity index (χ3n) is 3.19. The smallest absolute Gasteiger partial charge is 0.236 e. The number of hydrogen-bond donors (Lipinski definition) is 1. The molecule has 4 nitrogen and oxygen atoms in total. The van der Waals surface area contributed by atoms with Crippen LogP contribution in [0, 0.1) is 5.92 Å². The molecule has 0 unspecified atom stereocenters. The molecule has 19 heavy (non-hydrogen) atoms. The number of likely N-dealkylation sites (tertiary alicyclic amines) is 1. The summed E-state index contributed by atoms with van der Waals surface area (Å²) < 4.78 is 5.43. The molecule has 0 atom stereocenters. The SMILES string of the molecule is CC.CCOCC1CCN(C(=O)CNC(C)C)CC1. The molecule has 0 spiro atoms. The lowest BCUT2D eigenvalue weighted by Gasteiger charge is -2.32. The van der Waals surface area contributed by atoms with Crippen LogP contribution in [0.5, 0.6) is 0 Å². The Hall–Kier alpha value is -0.610. The fourth-order valence-corrected chi connectivity index (χ4v) is 2.04. The summed E-state index contributed by atoms with van der Waals surface area (Å²) in [5.74, 6) is 0.866. The van der Waals surface area contributed by atoms with Gasteiger partial charge in [-0.2, -0.15) is 0 Å². The molecule has 4 heteroatoms. The highest BCUT2D eigenvalue weighted by molar-refractivity contribution is 5.78. The van der Waals surface area contributed by atoms with E-state index in [4.69, 9.17) is 4.74 Å². The Kier molecular flexibility index (Phi) is 10.9. The van der Waals surface area contributed by atoms with Crippen LogP contribution >= 0.6 is 0 Å². The molecule has 1 rings (SSSR count). The molecule has 0 aromatic rings. The summed E-state index contributed by atoms with van der Waals surface area (Å²) in [7, 11) is 0. The average Bonchev–Trinajstić information content (AvgIpc) is 2.45. The number of ether oxygens (including phenoxy) is 1. The van der Waals surface area contributed by atoms with Gasteiger partial charge in [0.1, 0.15) is 0 Å². The highest BCUT2D eigenvalue weighted by atomic mass is 16.5. The summed E-state index contributed by atoms with van der Waals surface area (Å²) in [6.07, 6.45) is 2.15. The number of piperidine rings is 1. The molecule has 0 saturated carbocycles. The van der Waals surface area contributed by atoms with Crippen LogP contribution in [0.25, 0.3) is 0 Å². The van der Waals surface area contributed by atoms with Crippen molar-refractivity contribution in [3.05, 3.63) is 0 Å². The average molecular weight is 272 g/mol. The summed E-state index contributed by atoms with van der Waals surface area (Å²) >= 11 is 0. The van der Waals surface area contributed by atoms with E-state index < -0.39 is 0 Å². The van der Waals surface area contributed by atoms with Crippen LogP contribution in [0.2, 0.25) is 0 Å². The Balaban J connectivity index is 0.00000154. The van der Waals surface area contributed by atoms with Gasteiger partial charge in [0.05, 0.1) is 6.54 Å². The van der Waals surface area contributed by atoms with Crippen molar-refractivity contribution < 1.29 is 9.53 Å². The molecular formula is C15H32N2O2. The highest BCUT2D eigenvalue weighted by Gasteiger charge is 2.22. The van der Waals surface area contributed by atoms with Crippen molar-refractivity contribution in [2.24, 2.45) is 5.92 Å². The van der Waals surface area contributed by atoms with Crippen LogP contribution in [-0.2, 0) is 9.53 Å². The molecule has 0 bridgehead atoms. The molecular weight excluding hydrogens is 240 g/mol. The minimum atomic E-state index is 0.230. The first-order valence-electron chi connectivity index (χ1n) is 7.72. The molecule has 114 valence electrons. The van der Waals surface area contributed by atoms with E-state index in [1.165, 1.54) is 0 Å². The summed E-state index contributed by atoms with van der Waals surface area (Å²) in [4.78, 5) is 13.8. The third-order valence-corrected chi connectivity index (χ3v) is 3.19. The third kappa shape index (κ3) is 8.22. The van der Waals surface area contributed by atoms with Gasteiger partial charge in [0, 0.05) is 32.3 Å². The Morgan fingerprint density at radius 3 is 2.37 bits per heavy atom. The fraction of sp³-hybridized carbons (Fsp3) is 0.933. The summed E-state index contributed by atoms with van der Waals surface area (Å²) in [6.45, 7) is 14.0. The number of nitrogens with zero attached hydrogens (tertiary/aromatic N) is 1. The van der Waals surface area contributed by atoms with Crippen molar-refractivity contribution in [1.29, 1.82) is 0 Å². The molecule has 1 fully saturated rings. The zero-order valence-electron chi connectivity index (χ0n) is 13.4. The van der Waals surface area contributed by atoms with Gasteiger partial charge in [0.15, 0.2) is 0 Å².